The predicted molar refractivity (Wildman–Crippen MR) is 74.9 cm³/mol. The Kier molecular flexibility index (Phi) is 2.36. The molecule has 17 heavy (non-hydrogen) atoms. The third kappa shape index (κ3) is 1.80. The monoisotopic (exact) mass is 220 g/mol. The number of fused-ring (bicyclic) bond motifs is 1. The summed E-state index contributed by atoms with van der Waals surface area (Å²) < 4.78 is 0. The van der Waals surface area contributed by atoms with Crippen molar-refractivity contribution in [2.75, 3.05) is 0 Å². The molecule has 0 amide bonds. The van der Waals surface area contributed by atoms with Crippen LogP contribution in [0, 0.1) is 0 Å². The van der Waals surface area contributed by atoms with Crippen LogP contribution in [0.2, 0.25) is 0 Å². The van der Waals surface area contributed by atoms with Crippen molar-refractivity contribution < 1.29 is 0 Å². The van der Waals surface area contributed by atoms with E-state index in [2.05, 4.69) is 62.4 Å². The van der Waals surface area contributed by atoms with Crippen molar-refractivity contribution in [3.63, 3.8) is 0 Å². The minimum atomic E-state index is 1.13. The van der Waals surface area contributed by atoms with E-state index in [-0.39, 0.29) is 0 Å². The Morgan fingerprint density at radius 2 is 1.65 bits per heavy atom. The Labute approximate surface area is 102 Å². The molecule has 0 aliphatic heterocycles. The Morgan fingerprint density at radius 1 is 0.882 bits per heavy atom. The van der Waals surface area contributed by atoms with Crippen LogP contribution in [-0.4, -0.2) is 0 Å². The van der Waals surface area contributed by atoms with Gasteiger partial charge in [0.25, 0.3) is 0 Å². The first kappa shape index (κ1) is 10.3. The molecule has 0 spiro atoms. The third-order valence-corrected chi connectivity index (χ3v) is 3.45. The molecule has 0 heterocycles. The van der Waals surface area contributed by atoms with Gasteiger partial charge >= 0.3 is 0 Å². The van der Waals surface area contributed by atoms with Crippen LogP contribution >= 0.6 is 0 Å². The molecule has 0 saturated carbocycles. The second-order valence-electron chi connectivity index (χ2n) is 4.92. The smallest absolute Gasteiger partial charge is 0.0101 e. The minimum Gasteiger partial charge on any atom is -0.0686 e. The number of hydrogen-bond donors (Lipinski definition) is 0. The fourth-order valence-electron chi connectivity index (χ4n) is 2.62. The van der Waals surface area contributed by atoms with Crippen LogP contribution in [0.1, 0.15) is 25.8 Å². The van der Waals surface area contributed by atoms with Crippen LogP contribution in [0.4, 0.5) is 0 Å². The van der Waals surface area contributed by atoms with E-state index in [1.807, 2.05) is 0 Å². The van der Waals surface area contributed by atoms with E-state index < -0.39 is 0 Å². The van der Waals surface area contributed by atoms with Gasteiger partial charge in [-0.05, 0) is 48.2 Å². The molecule has 0 bridgehead atoms. The molecular weight excluding hydrogens is 204 g/mol. The standard InChI is InChI=1S/C17H16/c1-12-9-13(2)17(10-12)16-8-7-14-5-3-4-6-15(14)11-16/h3-8,10-11H,9H2,1-2H3. The highest BCUT2D eigenvalue weighted by Crippen LogP contribution is 2.33. The van der Waals surface area contributed by atoms with Crippen LogP contribution in [0.5, 0.6) is 0 Å². The summed E-state index contributed by atoms with van der Waals surface area (Å²) in [6.07, 6.45) is 3.45. The quantitative estimate of drug-likeness (QED) is 0.637. The van der Waals surface area contributed by atoms with E-state index in [4.69, 9.17) is 0 Å². The van der Waals surface area contributed by atoms with E-state index in [9.17, 15) is 0 Å². The van der Waals surface area contributed by atoms with Crippen LogP contribution in [0.25, 0.3) is 16.3 Å². The van der Waals surface area contributed by atoms with Crippen molar-refractivity contribution >= 4 is 16.3 Å². The summed E-state index contributed by atoms with van der Waals surface area (Å²) in [6, 6.07) is 15.3. The molecule has 0 radical (unpaired) electrons. The molecule has 0 nitrogen and oxygen atoms in total. The molecule has 0 saturated heterocycles. The van der Waals surface area contributed by atoms with Crippen LogP contribution in [-0.2, 0) is 0 Å². The van der Waals surface area contributed by atoms with Gasteiger partial charge in [0, 0.05) is 0 Å². The molecule has 3 rings (SSSR count). The number of rotatable bonds is 1. The van der Waals surface area contributed by atoms with E-state index in [1.165, 1.54) is 33.1 Å². The zero-order chi connectivity index (χ0) is 11.8. The zero-order valence-electron chi connectivity index (χ0n) is 10.3. The van der Waals surface area contributed by atoms with Gasteiger partial charge in [0.1, 0.15) is 0 Å². The maximum absolute atomic E-state index is 2.32. The maximum atomic E-state index is 2.32. The van der Waals surface area contributed by atoms with Crippen molar-refractivity contribution in [2.24, 2.45) is 0 Å². The van der Waals surface area contributed by atoms with Crippen LogP contribution < -0.4 is 0 Å². The third-order valence-electron chi connectivity index (χ3n) is 3.45. The van der Waals surface area contributed by atoms with E-state index in [1.54, 1.807) is 0 Å². The van der Waals surface area contributed by atoms with Gasteiger partial charge in [0.2, 0.25) is 0 Å². The molecule has 0 aromatic heterocycles. The Bertz CT molecular complexity index is 642. The second-order valence-corrected chi connectivity index (χ2v) is 4.92. The number of benzene rings is 2. The van der Waals surface area contributed by atoms with Crippen LogP contribution in [0.3, 0.4) is 0 Å². The fraction of sp³-hybridized carbons (Fsp3) is 0.176. The molecule has 1 aliphatic carbocycles. The lowest BCUT2D eigenvalue weighted by molar-refractivity contribution is 1.15. The first-order chi connectivity index (χ1) is 8.24. The van der Waals surface area contributed by atoms with Gasteiger partial charge in [-0.3, -0.25) is 0 Å². The molecule has 2 aromatic rings. The lowest BCUT2D eigenvalue weighted by Crippen LogP contribution is -1.82. The summed E-state index contributed by atoms with van der Waals surface area (Å²) in [6.45, 7) is 4.44. The van der Waals surface area contributed by atoms with E-state index in [0.717, 1.165) is 6.42 Å². The number of allylic oxidation sites excluding steroid dienone is 4. The normalized spacial score (nSPS) is 15.5. The van der Waals surface area contributed by atoms with Crippen molar-refractivity contribution in [1.82, 2.24) is 0 Å². The predicted octanol–water partition coefficient (Wildman–Crippen LogP) is 4.96. The lowest BCUT2D eigenvalue weighted by Gasteiger charge is -2.05. The van der Waals surface area contributed by atoms with Gasteiger partial charge in [0.05, 0.1) is 0 Å². The Morgan fingerprint density at radius 3 is 2.35 bits per heavy atom. The molecule has 84 valence electrons. The van der Waals surface area contributed by atoms with Gasteiger partial charge in [-0.15, -0.1) is 0 Å². The molecule has 0 unspecified atom stereocenters. The molecular formula is C17H16. The average Bonchev–Trinajstić information content (AvgIpc) is 2.68. The largest absolute Gasteiger partial charge is 0.0686 e. The van der Waals surface area contributed by atoms with Crippen molar-refractivity contribution in [1.29, 1.82) is 0 Å². The van der Waals surface area contributed by atoms with Crippen molar-refractivity contribution in [2.45, 2.75) is 20.3 Å². The van der Waals surface area contributed by atoms with Gasteiger partial charge in [-0.1, -0.05) is 53.6 Å². The summed E-state index contributed by atoms with van der Waals surface area (Å²) >= 11 is 0. The highest BCUT2D eigenvalue weighted by molar-refractivity contribution is 5.89. The van der Waals surface area contributed by atoms with Gasteiger partial charge in [-0.2, -0.15) is 0 Å². The average molecular weight is 220 g/mol. The highest BCUT2D eigenvalue weighted by atomic mass is 14.2. The zero-order valence-corrected chi connectivity index (χ0v) is 10.3. The maximum Gasteiger partial charge on any atom is -0.0101 e. The minimum absolute atomic E-state index is 1.13. The summed E-state index contributed by atoms with van der Waals surface area (Å²) in [4.78, 5) is 0. The molecule has 0 atom stereocenters. The number of hydrogen-bond acceptors (Lipinski definition) is 0. The highest BCUT2D eigenvalue weighted by Gasteiger charge is 2.11. The summed E-state index contributed by atoms with van der Waals surface area (Å²) in [5.41, 5.74) is 5.70. The lowest BCUT2D eigenvalue weighted by atomic mass is 10.00. The van der Waals surface area contributed by atoms with E-state index >= 15 is 0 Å². The first-order valence-corrected chi connectivity index (χ1v) is 6.10. The van der Waals surface area contributed by atoms with E-state index in [0.29, 0.717) is 0 Å². The summed E-state index contributed by atoms with van der Waals surface area (Å²) in [7, 11) is 0. The van der Waals surface area contributed by atoms with Gasteiger partial charge in [0.15, 0.2) is 0 Å². The first-order valence-electron chi connectivity index (χ1n) is 6.10. The summed E-state index contributed by atoms with van der Waals surface area (Å²) in [5.74, 6) is 0. The fourth-order valence-corrected chi connectivity index (χ4v) is 2.62. The topological polar surface area (TPSA) is 0 Å². The second kappa shape index (κ2) is 3.89. The Hall–Kier alpha value is -1.82. The van der Waals surface area contributed by atoms with Gasteiger partial charge in [-0.25, -0.2) is 0 Å². The molecule has 2 aromatic carbocycles. The van der Waals surface area contributed by atoms with Crippen molar-refractivity contribution in [3.8, 4) is 0 Å². The molecule has 1 aliphatic rings. The molecule has 0 heteroatoms. The SMILES string of the molecule is CC1=CC(c2ccc3ccccc3c2)=C(C)C1. The molecule has 0 N–H and O–H groups in total. The van der Waals surface area contributed by atoms with Crippen LogP contribution in [0.15, 0.2) is 59.7 Å². The van der Waals surface area contributed by atoms with Crippen molar-refractivity contribution in [3.05, 3.63) is 65.3 Å². The summed E-state index contributed by atoms with van der Waals surface area (Å²) in [5, 5.41) is 2.64. The molecule has 0 fully saturated rings. The van der Waals surface area contributed by atoms with Gasteiger partial charge < -0.3 is 0 Å². The Balaban J connectivity index is 2.16.